The van der Waals surface area contributed by atoms with Crippen molar-refractivity contribution in [2.24, 2.45) is 0 Å². The summed E-state index contributed by atoms with van der Waals surface area (Å²) in [6, 6.07) is 2.70. The van der Waals surface area contributed by atoms with E-state index in [4.69, 9.17) is 0 Å². The quantitative estimate of drug-likeness (QED) is 0.648. The van der Waals surface area contributed by atoms with Gasteiger partial charge in [-0.3, -0.25) is 4.98 Å². The van der Waals surface area contributed by atoms with Gasteiger partial charge >= 0.3 is 0 Å². The number of carbonyl (C=O) groups is 1. The third kappa shape index (κ3) is 2.08. The van der Waals surface area contributed by atoms with Crippen LogP contribution < -0.4 is 0 Å². The van der Waals surface area contributed by atoms with Crippen LogP contribution in [0.4, 0.5) is 8.78 Å². The molecule has 4 heteroatoms. The minimum atomic E-state index is -2.50. The molecule has 0 spiro atoms. The van der Waals surface area contributed by atoms with Gasteiger partial charge in [0.15, 0.2) is 0 Å². The van der Waals surface area contributed by atoms with Crippen LogP contribution in [0.15, 0.2) is 18.3 Å². The molecule has 0 aliphatic rings. The molecule has 12 heavy (non-hydrogen) atoms. The molecule has 1 heterocycles. The average molecular weight is 171 g/mol. The zero-order chi connectivity index (χ0) is 8.97. The Morgan fingerprint density at radius 3 is 2.67 bits per heavy atom. The van der Waals surface area contributed by atoms with E-state index in [9.17, 15) is 13.6 Å². The Hall–Kier alpha value is -1.32. The Morgan fingerprint density at radius 1 is 1.50 bits per heavy atom. The van der Waals surface area contributed by atoms with E-state index in [-0.39, 0.29) is 12.0 Å². The fourth-order valence-electron chi connectivity index (χ4n) is 0.771. The van der Waals surface area contributed by atoms with E-state index in [1.165, 1.54) is 12.1 Å². The number of hydrogen-bond acceptors (Lipinski definition) is 2. The molecular weight excluding hydrogens is 164 g/mol. The molecule has 0 unspecified atom stereocenters. The number of alkyl halides is 2. The lowest BCUT2D eigenvalue weighted by atomic mass is 10.2. The van der Waals surface area contributed by atoms with Crippen molar-refractivity contribution in [1.29, 1.82) is 0 Å². The van der Waals surface area contributed by atoms with Crippen LogP contribution in [0.25, 0.3) is 0 Å². The Morgan fingerprint density at radius 2 is 2.25 bits per heavy atom. The summed E-state index contributed by atoms with van der Waals surface area (Å²) in [6.07, 6.45) is -0.556. The van der Waals surface area contributed by atoms with Crippen LogP contribution in [0.3, 0.4) is 0 Å². The van der Waals surface area contributed by atoms with Gasteiger partial charge in [-0.05, 0) is 12.1 Å². The highest BCUT2D eigenvalue weighted by Gasteiger charge is 2.06. The van der Waals surface area contributed by atoms with Gasteiger partial charge in [-0.1, -0.05) is 0 Å². The van der Waals surface area contributed by atoms with Crippen molar-refractivity contribution in [2.45, 2.75) is 12.8 Å². The second kappa shape index (κ2) is 3.90. The lowest BCUT2D eigenvalue weighted by Crippen LogP contribution is -1.92. The molecule has 64 valence electrons. The fraction of sp³-hybridized carbons (Fsp3) is 0.250. The van der Waals surface area contributed by atoms with E-state index in [1.807, 2.05) is 0 Å². The summed E-state index contributed by atoms with van der Waals surface area (Å²) in [7, 11) is 0. The minimum Gasteiger partial charge on any atom is -0.303 e. The molecule has 0 atom stereocenters. The molecule has 0 amide bonds. The highest BCUT2D eigenvalue weighted by Crippen LogP contribution is 2.16. The summed E-state index contributed by atoms with van der Waals surface area (Å²) >= 11 is 0. The van der Waals surface area contributed by atoms with Gasteiger partial charge in [0.05, 0.1) is 0 Å². The van der Waals surface area contributed by atoms with Crippen molar-refractivity contribution in [3.05, 3.63) is 29.6 Å². The topological polar surface area (TPSA) is 30.0 Å². The maximum atomic E-state index is 12.0. The van der Waals surface area contributed by atoms with E-state index in [0.717, 1.165) is 6.20 Å². The summed E-state index contributed by atoms with van der Waals surface area (Å²) in [5.74, 6) is 0. The van der Waals surface area contributed by atoms with Crippen molar-refractivity contribution < 1.29 is 13.6 Å². The zero-order valence-electron chi connectivity index (χ0n) is 6.21. The smallest absolute Gasteiger partial charge is 0.265 e. The van der Waals surface area contributed by atoms with Gasteiger partial charge in [-0.15, -0.1) is 0 Å². The van der Waals surface area contributed by atoms with Crippen molar-refractivity contribution in [3.8, 4) is 0 Å². The van der Waals surface area contributed by atoms with E-state index in [0.29, 0.717) is 12.0 Å². The monoisotopic (exact) mass is 171 g/mol. The first-order valence-electron chi connectivity index (χ1n) is 3.40. The van der Waals surface area contributed by atoms with Crippen molar-refractivity contribution in [2.75, 3.05) is 0 Å². The Kier molecular flexibility index (Phi) is 2.85. The molecule has 0 saturated carbocycles. The standard InChI is InChI=1S/C8H7F2NO/c9-8(10)6-1-2-7(3-4-12)11-5-6/h1-2,4-5,8H,3H2. The van der Waals surface area contributed by atoms with Crippen molar-refractivity contribution in [1.82, 2.24) is 4.98 Å². The second-order valence-electron chi connectivity index (χ2n) is 2.25. The third-order valence-electron chi connectivity index (χ3n) is 1.39. The summed E-state index contributed by atoms with van der Waals surface area (Å²) in [5.41, 5.74) is 0.388. The number of rotatable bonds is 3. The van der Waals surface area contributed by atoms with Crippen LogP contribution >= 0.6 is 0 Å². The molecule has 0 N–H and O–H groups in total. The lowest BCUT2D eigenvalue weighted by molar-refractivity contribution is -0.107. The Bertz CT molecular complexity index is 258. The number of hydrogen-bond donors (Lipinski definition) is 0. The molecule has 0 aliphatic heterocycles. The summed E-state index contributed by atoms with van der Waals surface area (Å²) in [4.78, 5) is 13.7. The number of pyridine rings is 1. The first kappa shape index (κ1) is 8.77. The van der Waals surface area contributed by atoms with Gasteiger partial charge in [0.25, 0.3) is 6.43 Å². The summed E-state index contributed by atoms with van der Waals surface area (Å²) < 4.78 is 24.0. The number of carbonyl (C=O) groups excluding carboxylic acids is 1. The first-order chi connectivity index (χ1) is 5.74. The molecule has 1 aromatic heterocycles. The number of halogens is 2. The van der Waals surface area contributed by atoms with Gasteiger partial charge in [0.2, 0.25) is 0 Å². The third-order valence-corrected chi connectivity index (χ3v) is 1.39. The van der Waals surface area contributed by atoms with E-state index < -0.39 is 6.43 Å². The van der Waals surface area contributed by atoms with Crippen molar-refractivity contribution >= 4 is 6.29 Å². The predicted octanol–water partition coefficient (Wildman–Crippen LogP) is 1.76. The highest BCUT2D eigenvalue weighted by molar-refractivity contribution is 5.53. The Labute approximate surface area is 68.2 Å². The normalized spacial score (nSPS) is 10.2. The first-order valence-corrected chi connectivity index (χ1v) is 3.40. The zero-order valence-corrected chi connectivity index (χ0v) is 6.21. The van der Waals surface area contributed by atoms with Crippen LogP contribution in [-0.2, 0) is 11.2 Å². The van der Waals surface area contributed by atoms with E-state index in [2.05, 4.69) is 4.98 Å². The van der Waals surface area contributed by atoms with Crippen molar-refractivity contribution in [3.63, 3.8) is 0 Å². The molecule has 0 fully saturated rings. The molecule has 0 saturated heterocycles. The van der Waals surface area contributed by atoms with E-state index in [1.54, 1.807) is 0 Å². The van der Waals surface area contributed by atoms with Gasteiger partial charge in [0.1, 0.15) is 6.29 Å². The molecule has 2 nitrogen and oxygen atoms in total. The largest absolute Gasteiger partial charge is 0.303 e. The average Bonchev–Trinajstić information content (AvgIpc) is 2.06. The van der Waals surface area contributed by atoms with Crippen LogP contribution in [0.5, 0.6) is 0 Å². The molecule has 0 bridgehead atoms. The number of nitrogens with zero attached hydrogens (tertiary/aromatic N) is 1. The van der Waals surface area contributed by atoms with Gasteiger partial charge in [-0.25, -0.2) is 8.78 Å². The SMILES string of the molecule is O=CCc1ccc(C(F)F)cn1. The molecular formula is C8H7F2NO. The maximum Gasteiger partial charge on any atom is 0.265 e. The molecule has 0 aliphatic carbocycles. The van der Waals surface area contributed by atoms with Crippen LogP contribution in [0.2, 0.25) is 0 Å². The molecule has 1 rings (SSSR count). The maximum absolute atomic E-state index is 12.0. The second-order valence-corrected chi connectivity index (χ2v) is 2.25. The molecule has 1 aromatic rings. The van der Waals surface area contributed by atoms with Gasteiger partial charge in [-0.2, -0.15) is 0 Å². The number of aldehydes is 1. The minimum absolute atomic E-state index is 0.121. The predicted molar refractivity (Wildman–Crippen MR) is 39.0 cm³/mol. The summed E-state index contributed by atoms with van der Waals surface area (Å²) in [6.45, 7) is 0. The van der Waals surface area contributed by atoms with E-state index >= 15 is 0 Å². The Balaban J connectivity index is 2.78. The highest BCUT2D eigenvalue weighted by atomic mass is 19.3. The number of aromatic nitrogens is 1. The van der Waals surface area contributed by atoms with Crippen LogP contribution in [0, 0.1) is 0 Å². The van der Waals surface area contributed by atoms with Gasteiger partial charge < -0.3 is 4.79 Å². The lowest BCUT2D eigenvalue weighted by Gasteiger charge is -1.98. The van der Waals surface area contributed by atoms with Gasteiger partial charge in [0, 0.05) is 23.9 Å². The molecule has 0 radical (unpaired) electrons. The fourth-order valence-corrected chi connectivity index (χ4v) is 0.771. The summed E-state index contributed by atoms with van der Waals surface area (Å²) in [5, 5.41) is 0. The van der Waals surface area contributed by atoms with Crippen LogP contribution in [-0.4, -0.2) is 11.3 Å². The van der Waals surface area contributed by atoms with Crippen LogP contribution in [0.1, 0.15) is 17.7 Å². The molecule has 0 aromatic carbocycles.